The molecule has 1 atom stereocenters. The van der Waals surface area contributed by atoms with Crippen LogP contribution in [-0.4, -0.2) is 23.8 Å². The molecular formula is C26H21NO4. The molecule has 3 aromatic carbocycles. The zero-order valence-corrected chi connectivity index (χ0v) is 16.9. The van der Waals surface area contributed by atoms with E-state index < -0.39 is 12.1 Å². The van der Waals surface area contributed by atoms with E-state index >= 15 is 0 Å². The van der Waals surface area contributed by atoms with Crippen LogP contribution in [0.3, 0.4) is 0 Å². The van der Waals surface area contributed by atoms with Crippen LogP contribution < -0.4 is 4.74 Å². The molecule has 154 valence electrons. The summed E-state index contributed by atoms with van der Waals surface area (Å²) in [5, 5.41) is 0.790. The summed E-state index contributed by atoms with van der Waals surface area (Å²) < 4.78 is 10.8. The third-order valence-electron chi connectivity index (χ3n) is 4.96. The third-order valence-corrected chi connectivity index (χ3v) is 4.96. The highest BCUT2D eigenvalue weighted by molar-refractivity contribution is 6.10. The van der Waals surface area contributed by atoms with Gasteiger partial charge in [0.1, 0.15) is 5.75 Å². The number of para-hydroxylation sites is 1. The van der Waals surface area contributed by atoms with Crippen molar-refractivity contribution in [3.05, 3.63) is 108 Å². The number of ketones is 1. The molecule has 0 bridgehead atoms. The standard InChI is InChI=1S/C26H21NO4/c1-30-20-14-11-18(12-15-20)13-16-24(28)31-26(19-7-3-2-4-8-19)25(29)22-17-27-23-10-6-5-9-21(22)23/h2-17,26-27H,1H3. The number of benzene rings is 3. The van der Waals surface area contributed by atoms with Gasteiger partial charge in [-0.15, -0.1) is 0 Å². The maximum atomic E-state index is 13.4. The van der Waals surface area contributed by atoms with Crippen molar-refractivity contribution < 1.29 is 19.1 Å². The van der Waals surface area contributed by atoms with E-state index in [1.165, 1.54) is 6.08 Å². The van der Waals surface area contributed by atoms with Crippen LogP contribution in [0.25, 0.3) is 17.0 Å². The summed E-state index contributed by atoms with van der Waals surface area (Å²) in [6.07, 6.45) is 3.57. The van der Waals surface area contributed by atoms with Gasteiger partial charge in [0, 0.05) is 34.3 Å². The van der Waals surface area contributed by atoms with Gasteiger partial charge in [0.2, 0.25) is 5.78 Å². The Kier molecular flexibility index (Phi) is 5.94. The first-order chi connectivity index (χ1) is 15.2. The minimum Gasteiger partial charge on any atom is -0.497 e. The van der Waals surface area contributed by atoms with Crippen molar-refractivity contribution in [3.63, 3.8) is 0 Å². The van der Waals surface area contributed by atoms with Gasteiger partial charge in [-0.1, -0.05) is 60.7 Å². The van der Waals surface area contributed by atoms with Crippen LogP contribution in [0.4, 0.5) is 0 Å². The van der Waals surface area contributed by atoms with Gasteiger partial charge >= 0.3 is 5.97 Å². The van der Waals surface area contributed by atoms with Gasteiger partial charge in [0.25, 0.3) is 0 Å². The number of carbonyl (C=O) groups excluding carboxylic acids is 2. The van der Waals surface area contributed by atoms with Gasteiger partial charge in [-0.3, -0.25) is 4.79 Å². The Hall–Kier alpha value is -4.12. The van der Waals surface area contributed by atoms with Crippen LogP contribution in [0.15, 0.2) is 91.1 Å². The predicted octanol–water partition coefficient (Wildman–Crippen LogP) is 5.36. The molecule has 0 aliphatic rings. The Labute approximate surface area is 179 Å². The maximum absolute atomic E-state index is 13.4. The van der Waals surface area contributed by atoms with Crippen molar-refractivity contribution in [2.75, 3.05) is 7.11 Å². The van der Waals surface area contributed by atoms with Gasteiger partial charge in [-0.05, 0) is 29.8 Å². The number of aromatic nitrogens is 1. The molecule has 0 saturated heterocycles. The van der Waals surface area contributed by atoms with Crippen LogP contribution in [0.2, 0.25) is 0 Å². The molecule has 5 nitrogen and oxygen atoms in total. The molecule has 0 fully saturated rings. The lowest BCUT2D eigenvalue weighted by Gasteiger charge is -2.16. The normalized spacial score (nSPS) is 12.0. The highest BCUT2D eigenvalue weighted by atomic mass is 16.5. The van der Waals surface area contributed by atoms with Crippen molar-refractivity contribution in [1.29, 1.82) is 0 Å². The van der Waals surface area contributed by atoms with E-state index in [4.69, 9.17) is 9.47 Å². The summed E-state index contributed by atoms with van der Waals surface area (Å²) in [4.78, 5) is 29.0. The number of H-pyrrole nitrogens is 1. The lowest BCUT2D eigenvalue weighted by atomic mass is 9.99. The molecule has 31 heavy (non-hydrogen) atoms. The highest BCUT2D eigenvalue weighted by Gasteiger charge is 2.27. The van der Waals surface area contributed by atoms with Crippen LogP contribution in [-0.2, 0) is 9.53 Å². The first-order valence-electron chi connectivity index (χ1n) is 9.84. The van der Waals surface area contributed by atoms with Crippen molar-refractivity contribution in [1.82, 2.24) is 4.98 Å². The zero-order chi connectivity index (χ0) is 21.6. The molecule has 1 heterocycles. The predicted molar refractivity (Wildman–Crippen MR) is 120 cm³/mol. The number of aromatic amines is 1. The van der Waals surface area contributed by atoms with Gasteiger partial charge < -0.3 is 14.5 Å². The van der Waals surface area contributed by atoms with E-state index in [0.29, 0.717) is 11.1 Å². The average molecular weight is 411 g/mol. The highest BCUT2D eigenvalue weighted by Crippen LogP contribution is 2.27. The van der Waals surface area contributed by atoms with E-state index in [9.17, 15) is 9.59 Å². The van der Waals surface area contributed by atoms with Gasteiger partial charge in [-0.2, -0.15) is 0 Å². The quantitative estimate of drug-likeness (QED) is 0.253. The van der Waals surface area contributed by atoms with Crippen LogP contribution in [0.5, 0.6) is 5.75 Å². The topological polar surface area (TPSA) is 68.4 Å². The molecule has 0 amide bonds. The van der Waals surface area contributed by atoms with Crippen molar-refractivity contribution in [2.24, 2.45) is 0 Å². The van der Waals surface area contributed by atoms with Crippen molar-refractivity contribution >= 4 is 28.7 Å². The van der Waals surface area contributed by atoms with Crippen LogP contribution >= 0.6 is 0 Å². The van der Waals surface area contributed by atoms with Crippen molar-refractivity contribution in [2.45, 2.75) is 6.10 Å². The Balaban J connectivity index is 1.59. The molecule has 4 aromatic rings. The fourth-order valence-corrected chi connectivity index (χ4v) is 3.35. The largest absolute Gasteiger partial charge is 0.497 e. The number of carbonyl (C=O) groups is 2. The summed E-state index contributed by atoms with van der Waals surface area (Å²) in [6.45, 7) is 0. The van der Waals surface area contributed by atoms with E-state index in [2.05, 4.69) is 4.98 Å². The molecule has 1 aromatic heterocycles. The van der Waals surface area contributed by atoms with E-state index in [0.717, 1.165) is 22.2 Å². The lowest BCUT2D eigenvalue weighted by molar-refractivity contribution is -0.141. The number of esters is 1. The molecule has 0 aliphatic carbocycles. The van der Waals surface area contributed by atoms with Gasteiger partial charge in [-0.25, -0.2) is 4.79 Å². The fourth-order valence-electron chi connectivity index (χ4n) is 3.35. The van der Waals surface area contributed by atoms with Crippen molar-refractivity contribution in [3.8, 4) is 5.75 Å². The Morgan fingerprint density at radius 1 is 0.903 bits per heavy atom. The maximum Gasteiger partial charge on any atom is 0.331 e. The lowest BCUT2D eigenvalue weighted by Crippen LogP contribution is -2.19. The number of ether oxygens (including phenoxy) is 2. The number of methoxy groups -OCH3 is 1. The second-order valence-electron chi connectivity index (χ2n) is 6.95. The minimum atomic E-state index is -1.05. The molecule has 1 unspecified atom stereocenters. The Bertz CT molecular complexity index is 1220. The first kappa shape index (κ1) is 20.2. The molecule has 0 spiro atoms. The SMILES string of the molecule is COc1ccc(C=CC(=O)OC(C(=O)c2c[nH]c3ccccc23)c2ccccc2)cc1. The van der Waals surface area contributed by atoms with Gasteiger partial charge in [0.05, 0.1) is 7.11 Å². The average Bonchev–Trinajstić information content (AvgIpc) is 3.26. The summed E-state index contributed by atoms with van der Waals surface area (Å²) in [5.74, 6) is -0.152. The second kappa shape index (κ2) is 9.13. The summed E-state index contributed by atoms with van der Waals surface area (Å²) in [5.41, 5.74) is 2.76. The Morgan fingerprint density at radius 3 is 2.35 bits per heavy atom. The smallest absolute Gasteiger partial charge is 0.331 e. The summed E-state index contributed by atoms with van der Waals surface area (Å²) >= 11 is 0. The third kappa shape index (κ3) is 4.56. The van der Waals surface area contributed by atoms with E-state index in [-0.39, 0.29) is 5.78 Å². The number of fused-ring (bicyclic) bond motifs is 1. The Morgan fingerprint density at radius 2 is 1.61 bits per heavy atom. The number of hydrogen-bond donors (Lipinski definition) is 1. The molecule has 1 N–H and O–H groups in total. The molecule has 0 saturated carbocycles. The molecule has 5 heteroatoms. The molecule has 0 radical (unpaired) electrons. The molecular weight excluding hydrogens is 390 g/mol. The molecule has 0 aliphatic heterocycles. The van der Waals surface area contributed by atoms with E-state index in [1.54, 1.807) is 43.6 Å². The molecule has 4 rings (SSSR count). The fraction of sp³-hybridized carbons (Fsp3) is 0.0769. The number of hydrogen-bond acceptors (Lipinski definition) is 4. The van der Waals surface area contributed by atoms with Crippen LogP contribution in [0, 0.1) is 0 Å². The second-order valence-corrected chi connectivity index (χ2v) is 6.95. The van der Waals surface area contributed by atoms with Gasteiger partial charge in [0.15, 0.2) is 6.10 Å². The van der Waals surface area contributed by atoms with E-state index in [1.807, 2.05) is 54.6 Å². The number of Topliss-reactive ketones (excluding diaryl/α,β-unsaturated/α-hetero) is 1. The number of rotatable bonds is 7. The van der Waals surface area contributed by atoms with Crippen LogP contribution in [0.1, 0.15) is 27.6 Å². The zero-order valence-electron chi connectivity index (χ0n) is 16.9. The summed E-state index contributed by atoms with van der Waals surface area (Å²) in [7, 11) is 1.59. The summed E-state index contributed by atoms with van der Waals surface area (Å²) in [6, 6.07) is 23.8. The number of nitrogens with one attached hydrogen (secondary N) is 1. The minimum absolute atomic E-state index is 0.283. The first-order valence-corrected chi connectivity index (χ1v) is 9.84. The monoisotopic (exact) mass is 411 g/mol.